The maximum absolute atomic E-state index is 8.71. The van der Waals surface area contributed by atoms with Crippen molar-refractivity contribution in [2.24, 2.45) is 0 Å². The van der Waals surface area contributed by atoms with Crippen LogP contribution in [-0.4, -0.2) is 0 Å². The van der Waals surface area contributed by atoms with Gasteiger partial charge in [0.15, 0.2) is 37.9 Å². The summed E-state index contributed by atoms with van der Waals surface area (Å²) in [5, 5.41) is 17.4. The number of nitrogens with zero attached hydrogens (tertiary/aromatic N) is 4. The van der Waals surface area contributed by atoms with Crippen molar-refractivity contribution >= 4 is 0 Å². The molecule has 0 N–H and O–H groups in total. The maximum atomic E-state index is 8.71. The Hall–Kier alpha value is -2.72. The Morgan fingerprint density at radius 3 is 1.42 bits per heavy atom. The van der Waals surface area contributed by atoms with Crippen LogP contribution in [0.25, 0.3) is 0 Å². The van der Waals surface area contributed by atoms with Crippen LogP contribution < -0.4 is 9.13 Å². The van der Waals surface area contributed by atoms with Crippen molar-refractivity contribution < 1.29 is 9.13 Å². The van der Waals surface area contributed by atoms with Gasteiger partial charge in [0.05, 0.1) is 29.7 Å². The predicted octanol–water partition coefficient (Wildman–Crippen LogP) is 1.10. The number of nitriles is 2. The standard InChI is InChI=1S/C15H14N4/c16-12-14-2-8-18(9-3-14)6-1-7-19-10-4-15(13-17)5-11-19/h2-5,8-11H,1,6-7H2/q+2. The summed E-state index contributed by atoms with van der Waals surface area (Å²) in [5.41, 5.74) is 1.36. The molecule has 0 aromatic carbocycles. The number of hydrogen-bond acceptors (Lipinski definition) is 2. The van der Waals surface area contributed by atoms with E-state index >= 15 is 0 Å². The van der Waals surface area contributed by atoms with Crippen molar-refractivity contribution in [2.75, 3.05) is 0 Å². The first kappa shape index (κ1) is 12.7. The van der Waals surface area contributed by atoms with E-state index in [1.807, 2.05) is 49.1 Å². The van der Waals surface area contributed by atoms with Gasteiger partial charge < -0.3 is 0 Å². The Morgan fingerprint density at radius 1 is 0.737 bits per heavy atom. The summed E-state index contributed by atoms with van der Waals surface area (Å²) < 4.78 is 4.12. The lowest BCUT2D eigenvalue weighted by molar-refractivity contribution is -0.726. The molecule has 0 saturated heterocycles. The molecule has 4 heteroatoms. The Labute approximate surface area is 112 Å². The minimum atomic E-state index is 0.678. The molecule has 0 bridgehead atoms. The van der Waals surface area contributed by atoms with Gasteiger partial charge in [-0.1, -0.05) is 0 Å². The average molecular weight is 250 g/mol. The first-order valence-corrected chi connectivity index (χ1v) is 6.10. The normalized spacial score (nSPS) is 9.58. The van der Waals surface area contributed by atoms with Crippen molar-refractivity contribution in [2.45, 2.75) is 19.5 Å². The lowest BCUT2D eigenvalue weighted by atomic mass is 10.3. The lowest BCUT2D eigenvalue weighted by Crippen LogP contribution is -2.38. The van der Waals surface area contributed by atoms with Gasteiger partial charge in [-0.15, -0.1) is 0 Å². The molecular formula is C15H14N4+2. The van der Waals surface area contributed by atoms with Gasteiger partial charge in [0.1, 0.15) is 0 Å². The molecule has 0 aliphatic carbocycles. The highest BCUT2D eigenvalue weighted by molar-refractivity contribution is 5.24. The minimum absolute atomic E-state index is 0.678. The van der Waals surface area contributed by atoms with Gasteiger partial charge in [-0.2, -0.15) is 10.5 Å². The van der Waals surface area contributed by atoms with Gasteiger partial charge in [0.2, 0.25) is 0 Å². The molecular weight excluding hydrogens is 236 g/mol. The summed E-state index contributed by atoms with van der Waals surface area (Å²) >= 11 is 0. The molecule has 2 aromatic heterocycles. The second-order valence-corrected chi connectivity index (χ2v) is 4.23. The van der Waals surface area contributed by atoms with Crippen LogP contribution in [0.15, 0.2) is 49.1 Å². The van der Waals surface area contributed by atoms with E-state index in [1.54, 1.807) is 0 Å². The van der Waals surface area contributed by atoms with Crippen molar-refractivity contribution in [1.29, 1.82) is 10.5 Å². The van der Waals surface area contributed by atoms with Gasteiger partial charge in [-0.25, -0.2) is 9.13 Å². The van der Waals surface area contributed by atoms with Crippen molar-refractivity contribution in [3.63, 3.8) is 0 Å². The van der Waals surface area contributed by atoms with Crippen LogP contribution in [0.1, 0.15) is 17.5 Å². The molecule has 0 amide bonds. The number of pyridine rings is 2. The second-order valence-electron chi connectivity index (χ2n) is 4.23. The zero-order valence-electron chi connectivity index (χ0n) is 10.5. The second kappa shape index (κ2) is 6.28. The zero-order chi connectivity index (χ0) is 13.5. The number of aromatic nitrogens is 2. The molecule has 0 unspecified atom stereocenters. The lowest BCUT2D eigenvalue weighted by Gasteiger charge is -1.96. The maximum Gasteiger partial charge on any atom is 0.170 e. The number of hydrogen-bond donors (Lipinski definition) is 0. The molecule has 0 aliphatic heterocycles. The van der Waals surface area contributed by atoms with Gasteiger partial charge in [0, 0.05) is 24.3 Å². The van der Waals surface area contributed by atoms with Crippen LogP contribution in [0.2, 0.25) is 0 Å². The van der Waals surface area contributed by atoms with Gasteiger partial charge >= 0.3 is 0 Å². The molecule has 0 radical (unpaired) electrons. The molecule has 2 rings (SSSR count). The van der Waals surface area contributed by atoms with Crippen molar-refractivity contribution in [1.82, 2.24) is 0 Å². The molecule has 0 aliphatic rings. The summed E-state index contributed by atoms with van der Waals surface area (Å²) in [4.78, 5) is 0. The molecule has 0 fully saturated rings. The summed E-state index contributed by atoms with van der Waals surface area (Å²) in [7, 11) is 0. The van der Waals surface area contributed by atoms with Crippen LogP contribution >= 0.6 is 0 Å². The highest BCUT2D eigenvalue weighted by Gasteiger charge is 2.04. The minimum Gasteiger partial charge on any atom is -0.205 e. The fourth-order valence-electron chi connectivity index (χ4n) is 1.80. The fourth-order valence-corrected chi connectivity index (χ4v) is 1.80. The third-order valence-corrected chi connectivity index (χ3v) is 2.87. The van der Waals surface area contributed by atoms with E-state index in [-0.39, 0.29) is 0 Å². The third kappa shape index (κ3) is 3.62. The Kier molecular flexibility index (Phi) is 4.21. The van der Waals surface area contributed by atoms with E-state index in [4.69, 9.17) is 10.5 Å². The van der Waals surface area contributed by atoms with E-state index in [1.165, 1.54) is 0 Å². The Morgan fingerprint density at radius 2 is 1.11 bits per heavy atom. The summed E-state index contributed by atoms with van der Waals surface area (Å²) in [6.45, 7) is 1.80. The van der Waals surface area contributed by atoms with Crippen LogP contribution in [0.3, 0.4) is 0 Å². The summed E-state index contributed by atoms with van der Waals surface area (Å²) in [6.07, 6.45) is 8.67. The van der Waals surface area contributed by atoms with Gasteiger partial charge in [-0.05, 0) is 0 Å². The van der Waals surface area contributed by atoms with Gasteiger partial charge in [0.25, 0.3) is 0 Å². The van der Waals surface area contributed by atoms with Crippen molar-refractivity contribution in [3.05, 3.63) is 60.2 Å². The first-order chi connectivity index (χ1) is 9.31. The molecule has 2 heterocycles. The molecule has 0 atom stereocenters. The fraction of sp³-hybridized carbons (Fsp3) is 0.200. The van der Waals surface area contributed by atoms with Crippen LogP contribution in [0.4, 0.5) is 0 Å². The molecule has 0 spiro atoms. The molecule has 0 saturated carbocycles. The molecule has 19 heavy (non-hydrogen) atoms. The molecule has 2 aromatic rings. The van der Waals surface area contributed by atoms with Crippen LogP contribution in [-0.2, 0) is 13.1 Å². The monoisotopic (exact) mass is 250 g/mol. The Balaban J connectivity index is 1.85. The van der Waals surface area contributed by atoms with E-state index in [0.29, 0.717) is 11.1 Å². The zero-order valence-corrected chi connectivity index (χ0v) is 10.5. The quantitative estimate of drug-likeness (QED) is 0.763. The van der Waals surface area contributed by atoms with Crippen LogP contribution in [0.5, 0.6) is 0 Å². The van der Waals surface area contributed by atoms with Gasteiger partial charge in [-0.3, -0.25) is 0 Å². The molecule has 4 nitrogen and oxygen atoms in total. The molecule has 92 valence electrons. The topological polar surface area (TPSA) is 55.3 Å². The largest absolute Gasteiger partial charge is 0.205 e. The predicted molar refractivity (Wildman–Crippen MR) is 67.3 cm³/mol. The van der Waals surface area contributed by atoms with E-state index < -0.39 is 0 Å². The highest BCUT2D eigenvalue weighted by Crippen LogP contribution is 1.93. The smallest absolute Gasteiger partial charge is 0.170 e. The van der Waals surface area contributed by atoms with E-state index in [9.17, 15) is 0 Å². The summed E-state index contributed by atoms with van der Waals surface area (Å²) in [5.74, 6) is 0. The first-order valence-electron chi connectivity index (χ1n) is 6.10. The highest BCUT2D eigenvalue weighted by atomic mass is 15.0. The third-order valence-electron chi connectivity index (χ3n) is 2.87. The van der Waals surface area contributed by atoms with Crippen LogP contribution in [0, 0.1) is 22.7 Å². The number of rotatable bonds is 4. The van der Waals surface area contributed by atoms with E-state index in [0.717, 1.165) is 19.5 Å². The SMILES string of the molecule is N#Cc1cc[n+](CCC[n+]2ccc(C#N)cc2)cc1. The van der Waals surface area contributed by atoms with E-state index in [2.05, 4.69) is 21.3 Å². The summed E-state index contributed by atoms with van der Waals surface area (Å²) in [6, 6.07) is 11.5. The average Bonchev–Trinajstić information content (AvgIpc) is 2.49. The Bertz CT molecular complexity index is 558. The number of aryl methyl sites for hydroxylation is 2. The van der Waals surface area contributed by atoms with Crippen molar-refractivity contribution in [3.8, 4) is 12.1 Å².